The van der Waals surface area contributed by atoms with Gasteiger partial charge in [-0.1, -0.05) is 48.5 Å². The maximum atomic E-state index is 9.75. The van der Waals surface area contributed by atoms with Crippen LogP contribution in [0, 0.1) is 12.8 Å². The largest absolute Gasteiger partial charge is 0.393 e. The number of likely N-dealkylation sites (tertiary alicyclic amines) is 1. The van der Waals surface area contributed by atoms with Gasteiger partial charge in [-0.2, -0.15) is 0 Å². The van der Waals surface area contributed by atoms with Crippen LogP contribution >= 0.6 is 0 Å². The topological polar surface area (TPSA) is 35.5 Å². The molecule has 0 amide bonds. The second-order valence-corrected chi connectivity index (χ2v) is 8.73. The molecule has 0 bridgehead atoms. The molecule has 1 aliphatic heterocycles. The minimum atomic E-state index is -0.103. The Morgan fingerprint density at radius 2 is 1.57 bits per heavy atom. The summed E-state index contributed by atoms with van der Waals surface area (Å²) in [5, 5.41) is 13.7. The highest BCUT2D eigenvalue weighted by Crippen LogP contribution is 2.34. The normalized spacial score (nSPS) is 19.6. The highest BCUT2D eigenvalue weighted by atomic mass is 16.3. The van der Waals surface area contributed by atoms with Crippen molar-refractivity contribution in [2.75, 3.05) is 13.1 Å². The lowest BCUT2D eigenvalue weighted by Gasteiger charge is -2.30. The van der Waals surface area contributed by atoms with Crippen molar-refractivity contribution in [3.05, 3.63) is 70.8 Å². The number of hydrogen-bond donors (Lipinski definition) is 2. The molecule has 0 radical (unpaired) electrons. The van der Waals surface area contributed by atoms with Crippen LogP contribution in [-0.4, -0.2) is 35.2 Å². The van der Waals surface area contributed by atoms with Crippen molar-refractivity contribution in [2.45, 2.75) is 64.3 Å². The van der Waals surface area contributed by atoms with Gasteiger partial charge in [0.05, 0.1) is 6.10 Å². The molecule has 2 fully saturated rings. The highest BCUT2D eigenvalue weighted by molar-refractivity contribution is 5.28. The number of piperidine rings is 1. The lowest BCUT2D eigenvalue weighted by atomic mass is 9.97. The van der Waals surface area contributed by atoms with Gasteiger partial charge in [-0.05, 0) is 67.2 Å². The zero-order valence-electron chi connectivity index (χ0n) is 17.1. The van der Waals surface area contributed by atoms with Crippen LogP contribution in [0.1, 0.15) is 47.9 Å². The Morgan fingerprint density at radius 3 is 2.25 bits per heavy atom. The molecule has 2 N–H and O–H groups in total. The first-order valence-electron chi connectivity index (χ1n) is 10.9. The highest BCUT2D eigenvalue weighted by Gasteiger charge is 2.31. The van der Waals surface area contributed by atoms with Crippen LogP contribution in [0.25, 0.3) is 0 Å². The molecule has 4 rings (SSSR count). The van der Waals surface area contributed by atoms with E-state index in [1.54, 1.807) is 0 Å². The third-order valence-corrected chi connectivity index (χ3v) is 6.52. The van der Waals surface area contributed by atoms with E-state index in [1.165, 1.54) is 35.1 Å². The predicted octanol–water partition coefficient (Wildman–Crippen LogP) is 4.06. The molecule has 150 valence electrons. The van der Waals surface area contributed by atoms with E-state index in [2.05, 4.69) is 65.7 Å². The summed E-state index contributed by atoms with van der Waals surface area (Å²) in [6.45, 7) is 6.17. The Balaban J connectivity index is 1.38. The zero-order chi connectivity index (χ0) is 19.3. The number of nitrogens with one attached hydrogen (secondary N) is 1. The van der Waals surface area contributed by atoms with E-state index >= 15 is 0 Å². The molecule has 3 heteroatoms. The van der Waals surface area contributed by atoms with Crippen LogP contribution in [0.4, 0.5) is 0 Å². The number of aliphatic hydroxyl groups excluding tert-OH is 1. The van der Waals surface area contributed by atoms with Crippen LogP contribution < -0.4 is 5.32 Å². The van der Waals surface area contributed by atoms with Gasteiger partial charge in [0, 0.05) is 32.2 Å². The number of benzene rings is 2. The van der Waals surface area contributed by atoms with E-state index in [1.807, 2.05) is 0 Å². The van der Waals surface area contributed by atoms with Crippen molar-refractivity contribution >= 4 is 0 Å². The molecule has 1 aliphatic carbocycles. The summed E-state index contributed by atoms with van der Waals surface area (Å²) in [7, 11) is 0. The molecule has 2 aliphatic rings. The van der Waals surface area contributed by atoms with Gasteiger partial charge in [0.1, 0.15) is 0 Å². The first-order chi connectivity index (χ1) is 13.7. The van der Waals surface area contributed by atoms with Crippen LogP contribution in [0.15, 0.2) is 48.5 Å². The Hall–Kier alpha value is -1.68. The summed E-state index contributed by atoms with van der Waals surface area (Å²) in [4.78, 5) is 2.48. The number of aryl methyl sites for hydroxylation is 1. The molecule has 2 aromatic rings. The summed E-state index contributed by atoms with van der Waals surface area (Å²) in [6.07, 6.45) is 5.56. The van der Waals surface area contributed by atoms with E-state index in [9.17, 15) is 5.11 Å². The number of hydrogen-bond acceptors (Lipinski definition) is 3. The average Bonchev–Trinajstić information content (AvgIpc) is 3.54. The van der Waals surface area contributed by atoms with E-state index in [-0.39, 0.29) is 6.10 Å². The minimum absolute atomic E-state index is 0.103. The van der Waals surface area contributed by atoms with Crippen LogP contribution in [0.2, 0.25) is 0 Å². The summed E-state index contributed by atoms with van der Waals surface area (Å²) in [6, 6.07) is 18.2. The zero-order valence-corrected chi connectivity index (χ0v) is 17.1. The van der Waals surface area contributed by atoms with Gasteiger partial charge in [0.25, 0.3) is 0 Å². The molecule has 1 saturated heterocycles. The van der Waals surface area contributed by atoms with Gasteiger partial charge in [-0.25, -0.2) is 0 Å². The third kappa shape index (κ3) is 5.22. The predicted molar refractivity (Wildman–Crippen MR) is 115 cm³/mol. The fourth-order valence-corrected chi connectivity index (χ4v) is 4.42. The molecule has 28 heavy (non-hydrogen) atoms. The molecule has 1 saturated carbocycles. The standard InChI is InChI=1S/C25H34N2O/c1-19-6-2-3-7-21(19)16-25(20-10-11-20)26-17-22-8-4-5-9-23(22)18-27-14-12-24(28)13-15-27/h2-9,20,24-26,28H,10-18H2,1H3. The lowest BCUT2D eigenvalue weighted by molar-refractivity contribution is 0.0791. The molecule has 0 spiro atoms. The van der Waals surface area contributed by atoms with Gasteiger partial charge in [0.15, 0.2) is 0 Å². The maximum Gasteiger partial charge on any atom is 0.0564 e. The fourth-order valence-electron chi connectivity index (χ4n) is 4.42. The number of rotatable bonds is 8. The van der Waals surface area contributed by atoms with Gasteiger partial charge >= 0.3 is 0 Å². The van der Waals surface area contributed by atoms with Crippen molar-refractivity contribution in [1.29, 1.82) is 0 Å². The Labute approximate surface area is 169 Å². The van der Waals surface area contributed by atoms with Crippen LogP contribution in [0.5, 0.6) is 0 Å². The number of nitrogens with zero attached hydrogens (tertiary/aromatic N) is 1. The van der Waals surface area contributed by atoms with Crippen molar-refractivity contribution < 1.29 is 5.11 Å². The van der Waals surface area contributed by atoms with E-state index < -0.39 is 0 Å². The van der Waals surface area contributed by atoms with E-state index in [0.29, 0.717) is 6.04 Å². The SMILES string of the molecule is Cc1ccccc1CC(NCc1ccccc1CN1CCC(O)CC1)C1CC1. The second-order valence-electron chi connectivity index (χ2n) is 8.73. The van der Waals surface area contributed by atoms with Crippen LogP contribution in [0.3, 0.4) is 0 Å². The molecule has 1 unspecified atom stereocenters. The van der Waals surface area contributed by atoms with Crippen molar-refractivity contribution in [2.24, 2.45) is 5.92 Å². The summed E-state index contributed by atoms with van der Waals surface area (Å²) < 4.78 is 0. The fraction of sp³-hybridized carbons (Fsp3) is 0.520. The van der Waals surface area contributed by atoms with E-state index in [4.69, 9.17) is 0 Å². The van der Waals surface area contributed by atoms with Crippen molar-refractivity contribution in [1.82, 2.24) is 10.2 Å². The molecular weight excluding hydrogens is 344 g/mol. The monoisotopic (exact) mass is 378 g/mol. The first kappa shape index (κ1) is 19.6. The molecule has 1 atom stereocenters. The molecule has 1 heterocycles. The van der Waals surface area contributed by atoms with Gasteiger partial charge in [-0.3, -0.25) is 4.90 Å². The quantitative estimate of drug-likeness (QED) is 0.727. The van der Waals surface area contributed by atoms with E-state index in [0.717, 1.165) is 51.4 Å². The molecular formula is C25H34N2O. The molecule has 3 nitrogen and oxygen atoms in total. The summed E-state index contributed by atoms with van der Waals surface area (Å²) in [5.74, 6) is 0.829. The minimum Gasteiger partial charge on any atom is -0.393 e. The van der Waals surface area contributed by atoms with Crippen molar-refractivity contribution in [3.63, 3.8) is 0 Å². The average molecular weight is 379 g/mol. The third-order valence-electron chi connectivity index (χ3n) is 6.52. The lowest BCUT2D eigenvalue weighted by Crippen LogP contribution is -2.36. The summed E-state index contributed by atoms with van der Waals surface area (Å²) in [5.41, 5.74) is 5.73. The van der Waals surface area contributed by atoms with Crippen molar-refractivity contribution in [3.8, 4) is 0 Å². The first-order valence-corrected chi connectivity index (χ1v) is 10.9. The smallest absolute Gasteiger partial charge is 0.0564 e. The second kappa shape index (κ2) is 9.21. The van der Waals surface area contributed by atoms with Crippen LogP contribution in [-0.2, 0) is 19.5 Å². The molecule has 0 aromatic heterocycles. The molecule has 2 aromatic carbocycles. The summed E-state index contributed by atoms with van der Waals surface area (Å²) >= 11 is 0. The van der Waals surface area contributed by atoms with Gasteiger partial charge < -0.3 is 10.4 Å². The Bertz CT molecular complexity index is 763. The Kier molecular flexibility index (Phi) is 6.46. The van der Waals surface area contributed by atoms with Gasteiger partial charge in [-0.15, -0.1) is 0 Å². The number of aliphatic hydroxyl groups is 1. The van der Waals surface area contributed by atoms with Gasteiger partial charge in [0.2, 0.25) is 0 Å². The Morgan fingerprint density at radius 1 is 0.929 bits per heavy atom. The maximum absolute atomic E-state index is 9.75.